The lowest BCUT2D eigenvalue weighted by Crippen LogP contribution is -2.45. The van der Waals surface area contributed by atoms with E-state index in [4.69, 9.17) is 9.53 Å². The van der Waals surface area contributed by atoms with Crippen molar-refractivity contribution in [2.45, 2.75) is 135 Å². The number of hydrogen-bond donors (Lipinski definition) is 2. The molecule has 0 aliphatic heterocycles. The molecule has 0 heterocycles. The fourth-order valence-electron chi connectivity index (χ4n) is 5.08. The highest BCUT2D eigenvalue weighted by atomic mass is 28.4. The fraction of sp³-hybridized carbons (Fsp3) is 0.885. The highest BCUT2D eigenvalue weighted by Gasteiger charge is 2.41. The van der Waals surface area contributed by atoms with Crippen molar-refractivity contribution in [3.05, 3.63) is 11.6 Å². The van der Waals surface area contributed by atoms with Crippen molar-refractivity contribution in [1.82, 2.24) is 0 Å². The molecule has 0 aromatic heterocycles. The summed E-state index contributed by atoms with van der Waals surface area (Å²) in [6.45, 7) is 11.7. The summed E-state index contributed by atoms with van der Waals surface area (Å²) >= 11 is 0. The van der Waals surface area contributed by atoms with Crippen LogP contribution in [0.25, 0.3) is 0 Å². The third-order valence-electron chi connectivity index (χ3n) is 8.11. The van der Waals surface area contributed by atoms with Crippen molar-refractivity contribution in [3.63, 3.8) is 0 Å². The molecule has 3 atom stereocenters. The smallest absolute Gasteiger partial charge is 0.303 e. The van der Waals surface area contributed by atoms with Crippen LogP contribution >= 0.6 is 0 Å². The van der Waals surface area contributed by atoms with Crippen LogP contribution < -0.4 is 0 Å². The fourth-order valence-corrected chi connectivity index (χ4v) is 6.50. The number of aliphatic carboxylic acids is 1. The minimum absolute atomic E-state index is 0.232. The Morgan fingerprint density at radius 2 is 1.81 bits per heavy atom. The van der Waals surface area contributed by atoms with E-state index < -0.39 is 14.3 Å². The number of hydrogen-bond acceptors (Lipinski definition) is 3. The highest BCUT2D eigenvalue weighted by molar-refractivity contribution is 6.74. The second-order valence-electron chi connectivity index (χ2n) is 11.5. The van der Waals surface area contributed by atoms with Crippen LogP contribution in [0.5, 0.6) is 0 Å². The maximum Gasteiger partial charge on any atom is 0.303 e. The van der Waals surface area contributed by atoms with Crippen molar-refractivity contribution >= 4 is 14.3 Å². The SMILES string of the molecule is CC(C)(C)[Si](C)(C)O[C@@H](CCC1=CC[C@H](O)[C@@H]1CCCCCCC(=O)O)C1CCCC1. The largest absolute Gasteiger partial charge is 0.481 e. The van der Waals surface area contributed by atoms with Crippen LogP contribution in [0.4, 0.5) is 0 Å². The first-order chi connectivity index (χ1) is 14.5. The van der Waals surface area contributed by atoms with Gasteiger partial charge in [-0.05, 0) is 69.0 Å². The summed E-state index contributed by atoms with van der Waals surface area (Å²) in [7, 11) is -1.80. The third-order valence-corrected chi connectivity index (χ3v) is 12.6. The van der Waals surface area contributed by atoms with Crippen LogP contribution in [0.3, 0.4) is 0 Å². The molecule has 0 amide bonds. The van der Waals surface area contributed by atoms with Crippen molar-refractivity contribution in [3.8, 4) is 0 Å². The van der Waals surface area contributed by atoms with Gasteiger partial charge in [0, 0.05) is 18.4 Å². The van der Waals surface area contributed by atoms with Crippen molar-refractivity contribution in [2.24, 2.45) is 11.8 Å². The second-order valence-corrected chi connectivity index (χ2v) is 16.3. The Labute approximate surface area is 192 Å². The van der Waals surface area contributed by atoms with Gasteiger partial charge >= 0.3 is 5.97 Å². The summed E-state index contributed by atoms with van der Waals surface area (Å²) in [5, 5.41) is 19.5. The molecule has 0 unspecified atom stereocenters. The van der Waals surface area contributed by atoms with E-state index in [0.29, 0.717) is 12.0 Å². The second kappa shape index (κ2) is 12.0. The molecular formula is C26H48O4Si. The highest BCUT2D eigenvalue weighted by Crippen LogP contribution is 2.42. The number of carboxylic acids is 1. The summed E-state index contributed by atoms with van der Waals surface area (Å²) in [4.78, 5) is 10.6. The van der Waals surface area contributed by atoms with Gasteiger partial charge < -0.3 is 14.6 Å². The molecule has 1 fully saturated rings. The average molecular weight is 453 g/mol. The maximum atomic E-state index is 10.6. The van der Waals surface area contributed by atoms with Gasteiger partial charge in [-0.2, -0.15) is 0 Å². The lowest BCUT2D eigenvalue weighted by atomic mass is 9.87. The minimum atomic E-state index is -1.80. The van der Waals surface area contributed by atoms with Crippen molar-refractivity contribution in [1.29, 1.82) is 0 Å². The lowest BCUT2D eigenvalue weighted by molar-refractivity contribution is -0.137. The van der Waals surface area contributed by atoms with Gasteiger partial charge in [0.25, 0.3) is 0 Å². The Morgan fingerprint density at radius 3 is 2.42 bits per heavy atom. The van der Waals surface area contributed by atoms with E-state index in [1.165, 1.54) is 31.3 Å². The van der Waals surface area contributed by atoms with Gasteiger partial charge in [-0.1, -0.05) is 64.5 Å². The zero-order valence-electron chi connectivity index (χ0n) is 20.8. The first kappa shape index (κ1) is 26.6. The van der Waals surface area contributed by atoms with Gasteiger partial charge in [0.2, 0.25) is 0 Å². The molecule has 180 valence electrons. The molecule has 2 N–H and O–H groups in total. The molecule has 31 heavy (non-hydrogen) atoms. The number of aliphatic hydroxyl groups excluding tert-OH is 1. The Morgan fingerprint density at radius 1 is 1.16 bits per heavy atom. The van der Waals surface area contributed by atoms with E-state index in [9.17, 15) is 9.90 Å². The molecular weight excluding hydrogens is 404 g/mol. The van der Waals surface area contributed by atoms with E-state index in [2.05, 4.69) is 39.9 Å². The Balaban J connectivity index is 1.88. The molecule has 0 bridgehead atoms. The minimum Gasteiger partial charge on any atom is -0.481 e. The van der Waals surface area contributed by atoms with E-state index in [1.807, 2.05) is 0 Å². The van der Waals surface area contributed by atoms with Crippen molar-refractivity contribution in [2.75, 3.05) is 0 Å². The van der Waals surface area contributed by atoms with Crippen LogP contribution in [-0.4, -0.2) is 36.7 Å². The molecule has 1 saturated carbocycles. The van der Waals surface area contributed by atoms with Crippen molar-refractivity contribution < 1.29 is 19.4 Å². The number of aliphatic hydroxyl groups is 1. The molecule has 2 aliphatic rings. The molecule has 0 spiro atoms. The number of unbranched alkanes of at least 4 members (excludes halogenated alkanes) is 3. The van der Waals surface area contributed by atoms with Gasteiger partial charge in [-0.25, -0.2) is 0 Å². The quantitative estimate of drug-likeness (QED) is 0.178. The summed E-state index contributed by atoms with van der Waals surface area (Å²) in [6, 6.07) is 0. The monoisotopic (exact) mass is 452 g/mol. The standard InChI is InChI=1S/C26H48O4Si/c1-26(2,3)31(4,5)30-24(21-12-10-11-13-21)19-17-20-16-18-23(27)22(20)14-8-6-7-9-15-25(28)29/h16,21-24,27H,6-15,17-19H2,1-5H3,(H,28,29)/t22-,23+,24+/m1/s1. The average Bonchev–Trinajstić information content (AvgIpc) is 3.31. The molecule has 2 rings (SSSR count). The van der Waals surface area contributed by atoms with Crippen LogP contribution in [0, 0.1) is 11.8 Å². The van der Waals surface area contributed by atoms with E-state index in [1.54, 1.807) is 0 Å². The maximum absolute atomic E-state index is 10.6. The Kier molecular flexibility index (Phi) is 10.3. The Bertz CT molecular complexity index is 587. The number of rotatable bonds is 13. The van der Waals surface area contributed by atoms with Crippen LogP contribution in [0.15, 0.2) is 11.6 Å². The zero-order valence-corrected chi connectivity index (χ0v) is 21.8. The normalized spacial score (nSPS) is 23.9. The summed E-state index contributed by atoms with van der Waals surface area (Å²) < 4.78 is 6.95. The van der Waals surface area contributed by atoms with Crippen LogP contribution in [0.2, 0.25) is 18.1 Å². The molecule has 0 radical (unpaired) electrons. The van der Waals surface area contributed by atoms with Gasteiger partial charge in [0.05, 0.1) is 6.10 Å². The topological polar surface area (TPSA) is 66.8 Å². The molecule has 5 heteroatoms. The zero-order chi connectivity index (χ0) is 23.1. The number of carbonyl (C=O) groups is 1. The summed E-state index contributed by atoms with van der Waals surface area (Å²) in [5.41, 5.74) is 1.44. The molecule has 0 aromatic rings. The van der Waals surface area contributed by atoms with Gasteiger partial charge in [-0.3, -0.25) is 4.79 Å². The van der Waals surface area contributed by atoms with E-state index >= 15 is 0 Å². The summed E-state index contributed by atoms with van der Waals surface area (Å²) in [6.07, 6.45) is 15.8. The number of carboxylic acid groups (broad SMARTS) is 1. The van der Waals surface area contributed by atoms with E-state index in [-0.39, 0.29) is 23.5 Å². The Hall–Kier alpha value is -0.653. The van der Waals surface area contributed by atoms with E-state index in [0.717, 1.165) is 51.4 Å². The summed E-state index contributed by atoms with van der Waals surface area (Å²) in [5.74, 6) is 0.290. The predicted molar refractivity (Wildman–Crippen MR) is 131 cm³/mol. The third kappa shape index (κ3) is 8.32. The molecule has 2 aliphatic carbocycles. The molecule has 0 saturated heterocycles. The van der Waals surface area contributed by atoms with Crippen LogP contribution in [0.1, 0.15) is 104 Å². The molecule has 4 nitrogen and oxygen atoms in total. The first-order valence-electron chi connectivity index (χ1n) is 12.8. The van der Waals surface area contributed by atoms with Gasteiger partial charge in [0.1, 0.15) is 0 Å². The molecule has 0 aromatic carbocycles. The van der Waals surface area contributed by atoms with Gasteiger partial charge in [-0.15, -0.1) is 0 Å². The van der Waals surface area contributed by atoms with Gasteiger partial charge in [0.15, 0.2) is 8.32 Å². The lowest BCUT2D eigenvalue weighted by Gasteiger charge is -2.41. The van der Waals surface area contributed by atoms with Crippen LogP contribution in [-0.2, 0) is 9.22 Å². The predicted octanol–water partition coefficient (Wildman–Crippen LogP) is 7.08. The first-order valence-corrected chi connectivity index (χ1v) is 15.7.